The van der Waals surface area contributed by atoms with Crippen LogP contribution in [0.15, 0.2) is 33.5 Å². The fourth-order valence-electron chi connectivity index (χ4n) is 1.52. The van der Waals surface area contributed by atoms with Crippen LogP contribution in [0.1, 0.15) is 11.5 Å². The average Bonchev–Trinajstić information content (AvgIpc) is 2.83. The minimum Gasteiger partial charge on any atom is -0.453 e. The van der Waals surface area contributed by atoms with Crippen LogP contribution in [0, 0.1) is 0 Å². The van der Waals surface area contributed by atoms with E-state index in [2.05, 4.69) is 26.3 Å². The van der Waals surface area contributed by atoms with E-state index in [4.69, 9.17) is 4.42 Å². The Bertz CT molecular complexity index is 450. The highest BCUT2D eigenvalue weighted by atomic mass is 79.9. The fraction of sp³-hybridized carbons (Fsp3) is 0.364. The molecule has 0 aliphatic heterocycles. The molecule has 0 aromatic carbocycles. The normalized spacial score (nSPS) is 10.9. The number of aromatic nitrogens is 2. The van der Waals surface area contributed by atoms with Gasteiger partial charge in [-0.25, -0.2) is 0 Å². The Morgan fingerprint density at radius 1 is 1.44 bits per heavy atom. The van der Waals surface area contributed by atoms with Crippen LogP contribution in [0.3, 0.4) is 0 Å². The van der Waals surface area contributed by atoms with Crippen molar-refractivity contribution < 1.29 is 4.42 Å². The summed E-state index contributed by atoms with van der Waals surface area (Å²) < 4.78 is 8.05. The third-order valence-corrected chi connectivity index (χ3v) is 2.83. The van der Waals surface area contributed by atoms with Gasteiger partial charge in [-0.15, -0.1) is 0 Å². The Morgan fingerprint density at radius 3 is 2.94 bits per heavy atom. The lowest BCUT2D eigenvalue weighted by molar-refractivity contribution is 0.465. The summed E-state index contributed by atoms with van der Waals surface area (Å²) in [5, 5.41) is 7.45. The standard InChI is InChI=1S/C11H14BrN3O/c1-15-9(5-7-14-15)4-6-13-8-10-2-3-11(12)16-10/h2-3,5,7,13H,4,6,8H2,1H3. The van der Waals surface area contributed by atoms with Gasteiger partial charge in [-0.3, -0.25) is 4.68 Å². The van der Waals surface area contributed by atoms with Crippen molar-refractivity contribution in [1.82, 2.24) is 15.1 Å². The molecule has 0 saturated heterocycles. The molecular weight excluding hydrogens is 270 g/mol. The average molecular weight is 284 g/mol. The molecule has 0 unspecified atom stereocenters. The van der Waals surface area contributed by atoms with Gasteiger partial charge >= 0.3 is 0 Å². The second-order valence-electron chi connectivity index (χ2n) is 3.58. The molecule has 0 bridgehead atoms. The molecule has 0 amide bonds. The molecule has 5 heteroatoms. The van der Waals surface area contributed by atoms with E-state index in [0.29, 0.717) is 0 Å². The fourth-order valence-corrected chi connectivity index (χ4v) is 1.86. The predicted octanol–water partition coefficient (Wildman–Crippen LogP) is 2.11. The third kappa shape index (κ3) is 2.96. The molecule has 4 nitrogen and oxygen atoms in total. The molecule has 0 aliphatic carbocycles. The van der Waals surface area contributed by atoms with Gasteiger partial charge in [0.1, 0.15) is 5.76 Å². The lowest BCUT2D eigenvalue weighted by atomic mass is 10.3. The monoisotopic (exact) mass is 283 g/mol. The second-order valence-corrected chi connectivity index (χ2v) is 4.36. The van der Waals surface area contributed by atoms with Crippen LogP contribution < -0.4 is 5.32 Å². The van der Waals surface area contributed by atoms with Crippen molar-refractivity contribution in [3.05, 3.63) is 40.5 Å². The van der Waals surface area contributed by atoms with E-state index in [1.54, 1.807) is 0 Å². The molecule has 0 spiro atoms. The van der Waals surface area contributed by atoms with E-state index in [9.17, 15) is 0 Å². The molecule has 2 heterocycles. The van der Waals surface area contributed by atoms with Gasteiger partial charge < -0.3 is 9.73 Å². The summed E-state index contributed by atoms with van der Waals surface area (Å²) in [6, 6.07) is 5.89. The number of rotatable bonds is 5. The van der Waals surface area contributed by atoms with Crippen LogP contribution in [0.2, 0.25) is 0 Å². The molecule has 2 rings (SSSR count). The van der Waals surface area contributed by atoms with E-state index < -0.39 is 0 Å². The zero-order valence-electron chi connectivity index (χ0n) is 9.11. The molecule has 0 saturated carbocycles. The highest BCUT2D eigenvalue weighted by Gasteiger charge is 2.00. The second kappa shape index (κ2) is 5.32. The summed E-state index contributed by atoms with van der Waals surface area (Å²) in [5.74, 6) is 0.942. The van der Waals surface area contributed by atoms with Crippen LogP contribution in [0.25, 0.3) is 0 Å². The predicted molar refractivity (Wildman–Crippen MR) is 65.0 cm³/mol. The number of furan rings is 1. The van der Waals surface area contributed by atoms with E-state index in [-0.39, 0.29) is 0 Å². The summed E-state index contributed by atoms with van der Waals surface area (Å²) in [6.07, 6.45) is 2.79. The summed E-state index contributed by atoms with van der Waals surface area (Å²) >= 11 is 3.28. The van der Waals surface area contributed by atoms with Crippen molar-refractivity contribution in [3.8, 4) is 0 Å². The largest absolute Gasteiger partial charge is 0.453 e. The molecule has 0 radical (unpaired) electrons. The maximum absolute atomic E-state index is 5.38. The van der Waals surface area contributed by atoms with Crippen LogP contribution in [-0.4, -0.2) is 16.3 Å². The number of nitrogens with one attached hydrogen (secondary N) is 1. The number of hydrogen-bond acceptors (Lipinski definition) is 3. The first kappa shape index (κ1) is 11.4. The van der Waals surface area contributed by atoms with Crippen molar-refractivity contribution in [2.24, 2.45) is 7.05 Å². The van der Waals surface area contributed by atoms with Crippen LogP contribution in [0.4, 0.5) is 0 Å². The molecule has 2 aromatic heterocycles. The summed E-state index contributed by atoms with van der Waals surface area (Å²) in [6.45, 7) is 1.67. The van der Waals surface area contributed by atoms with Gasteiger partial charge in [0.2, 0.25) is 0 Å². The van der Waals surface area contributed by atoms with Crippen molar-refractivity contribution >= 4 is 15.9 Å². The summed E-state index contributed by atoms with van der Waals surface area (Å²) in [7, 11) is 1.96. The van der Waals surface area contributed by atoms with Gasteiger partial charge in [0.05, 0.1) is 6.54 Å². The van der Waals surface area contributed by atoms with Crippen molar-refractivity contribution in [3.63, 3.8) is 0 Å². The molecule has 0 aliphatic rings. The first-order valence-corrected chi connectivity index (χ1v) is 5.97. The van der Waals surface area contributed by atoms with Crippen LogP contribution >= 0.6 is 15.9 Å². The smallest absolute Gasteiger partial charge is 0.169 e. The number of halogens is 1. The van der Waals surface area contributed by atoms with E-state index >= 15 is 0 Å². The minimum atomic E-state index is 0.753. The lowest BCUT2D eigenvalue weighted by Gasteiger charge is -2.03. The van der Waals surface area contributed by atoms with E-state index in [1.807, 2.05) is 36.1 Å². The molecule has 0 fully saturated rings. The zero-order valence-corrected chi connectivity index (χ0v) is 10.7. The van der Waals surface area contributed by atoms with Gasteiger partial charge in [-0.2, -0.15) is 5.10 Å². The Labute approximate surface area is 103 Å². The van der Waals surface area contributed by atoms with Gasteiger partial charge in [0.25, 0.3) is 0 Å². The quantitative estimate of drug-likeness (QED) is 0.855. The van der Waals surface area contributed by atoms with Crippen LogP contribution in [-0.2, 0) is 20.0 Å². The summed E-state index contributed by atoms with van der Waals surface area (Å²) in [4.78, 5) is 0. The zero-order chi connectivity index (χ0) is 11.4. The Hall–Kier alpha value is -1.07. The van der Waals surface area contributed by atoms with Crippen LogP contribution in [0.5, 0.6) is 0 Å². The number of hydrogen-bond donors (Lipinski definition) is 1. The molecule has 16 heavy (non-hydrogen) atoms. The highest BCUT2D eigenvalue weighted by Crippen LogP contribution is 2.13. The third-order valence-electron chi connectivity index (χ3n) is 2.41. The molecular formula is C11H14BrN3O. The Morgan fingerprint density at radius 2 is 2.31 bits per heavy atom. The molecule has 1 N–H and O–H groups in total. The van der Waals surface area contributed by atoms with Gasteiger partial charge in [-0.1, -0.05) is 0 Å². The number of nitrogens with zero attached hydrogens (tertiary/aromatic N) is 2. The van der Waals surface area contributed by atoms with Crippen molar-refractivity contribution in [2.45, 2.75) is 13.0 Å². The maximum Gasteiger partial charge on any atom is 0.169 e. The summed E-state index contributed by atoms with van der Waals surface area (Å²) in [5.41, 5.74) is 1.23. The van der Waals surface area contributed by atoms with E-state index in [1.165, 1.54) is 5.69 Å². The topological polar surface area (TPSA) is 43.0 Å². The lowest BCUT2D eigenvalue weighted by Crippen LogP contribution is -2.17. The van der Waals surface area contributed by atoms with Gasteiger partial charge in [0, 0.05) is 31.9 Å². The number of aryl methyl sites for hydroxylation is 1. The molecule has 0 atom stereocenters. The SMILES string of the molecule is Cn1nccc1CCNCc1ccc(Br)o1. The van der Waals surface area contributed by atoms with Gasteiger partial charge in [-0.05, 0) is 34.1 Å². The van der Waals surface area contributed by atoms with Crippen molar-refractivity contribution in [2.75, 3.05) is 6.54 Å². The van der Waals surface area contributed by atoms with E-state index in [0.717, 1.165) is 29.9 Å². The first-order chi connectivity index (χ1) is 7.75. The Kier molecular flexibility index (Phi) is 3.79. The molecule has 2 aromatic rings. The Balaban J connectivity index is 1.71. The van der Waals surface area contributed by atoms with Crippen molar-refractivity contribution in [1.29, 1.82) is 0 Å². The maximum atomic E-state index is 5.38. The first-order valence-electron chi connectivity index (χ1n) is 5.17. The minimum absolute atomic E-state index is 0.753. The van der Waals surface area contributed by atoms with Gasteiger partial charge in [0.15, 0.2) is 4.67 Å². The molecule has 86 valence electrons. The highest BCUT2D eigenvalue weighted by molar-refractivity contribution is 9.10.